The van der Waals surface area contributed by atoms with Crippen LogP contribution in [0, 0.1) is 0 Å². The Morgan fingerprint density at radius 2 is 1.85 bits per heavy atom. The smallest absolute Gasteiger partial charge is 0.426 e. The Labute approximate surface area is 212 Å². The van der Waals surface area contributed by atoms with Gasteiger partial charge in [-0.2, -0.15) is 0 Å². The number of benzene rings is 1. The fourth-order valence-corrected chi connectivity index (χ4v) is 6.26. The van der Waals surface area contributed by atoms with E-state index in [9.17, 15) is 14.8 Å². The molecule has 1 heterocycles. The lowest BCUT2D eigenvalue weighted by Crippen LogP contribution is -2.49. The van der Waals surface area contributed by atoms with E-state index in [0.29, 0.717) is 12.0 Å². The largest absolute Gasteiger partial charge is 0.475 e. The molecule has 1 aromatic heterocycles. The molecule has 3 fully saturated rings. The van der Waals surface area contributed by atoms with Gasteiger partial charge in [0.05, 0.1) is 11.5 Å². The zero-order valence-corrected chi connectivity index (χ0v) is 21.5. The lowest BCUT2D eigenvalue weighted by Gasteiger charge is -2.53. The molecule has 34 heavy (non-hydrogen) atoms. The first-order chi connectivity index (χ1) is 15.9. The number of thioether (sulfide) groups is 1. The predicted octanol–water partition coefficient (Wildman–Crippen LogP) is 3.52. The van der Waals surface area contributed by atoms with E-state index in [4.69, 9.17) is 4.74 Å². The third-order valence-electron chi connectivity index (χ3n) is 7.71. The molecule has 0 spiro atoms. The Bertz CT molecular complexity index is 931. The second-order valence-electron chi connectivity index (χ2n) is 9.55. The molecular weight excluding hydrogens is 473 g/mol. The van der Waals surface area contributed by atoms with Crippen LogP contribution < -0.4 is 5.32 Å². The number of amides is 1. The van der Waals surface area contributed by atoms with Crippen LogP contribution in [-0.4, -0.2) is 57.0 Å². The molecule has 0 aliphatic heterocycles. The highest BCUT2D eigenvalue weighted by Crippen LogP contribution is 2.54. The number of aromatic nitrogens is 2. The van der Waals surface area contributed by atoms with Crippen LogP contribution in [0.15, 0.2) is 41.8 Å². The first-order valence-electron chi connectivity index (χ1n) is 11.8. The first-order valence-corrected chi connectivity index (χ1v) is 12.8. The van der Waals surface area contributed by atoms with Crippen molar-refractivity contribution in [2.75, 3.05) is 12.9 Å². The zero-order chi connectivity index (χ0) is 23.5. The number of imidazole rings is 1. The maximum Gasteiger partial charge on any atom is 0.475 e. The van der Waals surface area contributed by atoms with Crippen molar-refractivity contribution in [1.82, 2.24) is 14.9 Å². The number of hydrogen-bond donors (Lipinski definition) is 3. The molecule has 3 saturated carbocycles. The van der Waals surface area contributed by atoms with Crippen molar-refractivity contribution in [3.8, 4) is 0 Å². The lowest BCUT2D eigenvalue weighted by molar-refractivity contribution is -0.0955. The van der Waals surface area contributed by atoms with E-state index < -0.39 is 13.1 Å². The Balaban J connectivity index is 0.00000324. The Morgan fingerprint density at radius 1 is 1.21 bits per heavy atom. The number of hydrogen-bond acceptors (Lipinski definition) is 6. The van der Waals surface area contributed by atoms with Gasteiger partial charge in [-0.1, -0.05) is 23.9 Å². The minimum atomic E-state index is -1.60. The summed E-state index contributed by atoms with van der Waals surface area (Å²) in [6.45, 7) is 0. The normalized spacial score (nSPS) is 24.4. The van der Waals surface area contributed by atoms with E-state index in [1.165, 1.54) is 5.56 Å². The van der Waals surface area contributed by atoms with Crippen LogP contribution >= 0.6 is 24.2 Å². The summed E-state index contributed by atoms with van der Waals surface area (Å²) in [5, 5.41) is 23.3. The molecule has 2 aromatic rings. The van der Waals surface area contributed by atoms with Crippen molar-refractivity contribution in [3.63, 3.8) is 0 Å². The molecule has 1 atom stereocenters. The summed E-state index contributed by atoms with van der Waals surface area (Å²) in [6, 6.07) is 7.88. The predicted molar refractivity (Wildman–Crippen MR) is 137 cm³/mol. The molecule has 7 nitrogen and oxygen atoms in total. The number of aryl methyl sites for hydroxylation is 1. The third kappa shape index (κ3) is 5.82. The van der Waals surface area contributed by atoms with Gasteiger partial charge in [-0.15, -0.1) is 12.4 Å². The molecule has 1 aromatic carbocycles. The highest BCUT2D eigenvalue weighted by molar-refractivity contribution is 7.99. The minimum absolute atomic E-state index is 0. The van der Waals surface area contributed by atoms with Crippen LogP contribution in [0.2, 0.25) is 0 Å². The van der Waals surface area contributed by atoms with Gasteiger partial charge in [-0.05, 0) is 74.5 Å². The van der Waals surface area contributed by atoms with Gasteiger partial charge in [0.15, 0.2) is 5.16 Å². The van der Waals surface area contributed by atoms with E-state index in [1.807, 2.05) is 37.1 Å². The van der Waals surface area contributed by atoms with Gasteiger partial charge in [0.1, 0.15) is 0 Å². The van der Waals surface area contributed by atoms with Crippen LogP contribution in [0.4, 0.5) is 0 Å². The van der Waals surface area contributed by atoms with Gasteiger partial charge < -0.3 is 24.7 Å². The van der Waals surface area contributed by atoms with E-state index in [-0.39, 0.29) is 29.3 Å². The average molecular weight is 508 g/mol. The number of carbonyl (C=O) groups is 1. The molecule has 3 aliphatic carbocycles. The van der Waals surface area contributed by atoms with Crippen molar-refractivity contribution in [3.05, 3.63) is 47.8 Å². The maximum absolute atomic E-state index is 12.8. The van der Waals surface area contributed by atoms with E-state index in [0.717, 1.165) is 55.9 Å². The van der Waals surface area contributed by atoms with Gasteiger partial charge >= 0.3 is 7.12 Å². The highest BCUT2D eigenvalue weighted by atomic mass is 35.5. The summed E-state index contributed by atoms with van der Waals surface area (Å²) < 4.78 is 7.76. The van der Waals surface area contributed by atoms with Gasteiger partial charge in [0, 0.05) is 37.9 Å². The second kappa shape index (κ2) is 11.5. The Hall–Kier alpha value is -1.52. The number of fused-ring (bicyclic) bond motifs is 3. The van der Waals surface area contributed by atoms with Gasteiger partial charge in [-0.25, -0.2) is 4.98 Å². The van der Waals surface area contributed by atoms with Crippen molar-refractivity contribution >= 4 is 37.2 Å². The van der Waals surface area contributed by atoms with Crippen LogP contribution in [0.25, 0.3) is 0 Å². The van der Waals surface area contributed by atoms with Crippen LogP contribution in [0.1, 0.15) is 67.3 Å². The zero-order valence-electron chi connectivity index (χ0n) is 19.9. The third-order valence-corrected chi connectivity index (χ3v) is 8.86. The molecule has 3 aliphatic rings. The summed E-state index contributed by atoms with van der Waals surface area (Å²) in [4.78, 5) is 17.0. The quantitative estimate of drug-likeness (QED) is 0.259. The van der Waals surface area contributed by atoms with Crippen molar-refractivity contribution in [1.29, 1.82) is 0 Å². The van der Waals surface area contributed by atoms with E-state index >= 15 is 0 Å². The number of carbonyl (C=O) groups excluding carboxylic acids is 1. The number of rotatable bonds is 10. The lowest BCUT2D eigenvalue weighted by atomic mass is 9.56. The molecule has 0 unspecified atom stereocenters. The standard InChI is InChI=1S/C24H34BN3O4S.ClH/c1-28-16-15-26-22(28)33-17-3-4-20(25(30)31)27-21(29)18-5-7-19(8-6-18)23-9-12-24(32-2,13-10-23)14-11-23;/h5-8,15-16,20,30-31H,3-4,9-14,17H2,1-2H3,(H,27,29);1H/t20-,23?,24?;/m0./s1. The molecule has 3 N–H and O–H groups in total. The van der Waals surface area contributed by atoms with Crippen molar-refractivity contribution in [2.24, 2.45) is 7.05 Å². The Morgan fingerprint density at radius 3 is 2.38 bits per heavy atom. The molecule has 10 heteroatoms. The molecule has 186 valence electrons. The summed E-state index contributed by atoms with van der Waals surface area (Å²) in [6.07, 6.45) is 11.5. The number of methoxy groups -OCH3 is 1. The number of nitrogens with one attached hydrogen (secondary N) is 1. The van der Waals surface area contributed by atoms with E-state index in [1.54, 1.807) is 18.0 Å². The fraction of sp³-hybridized carbons (Fsp3) is 0.583. The molecular formula is C24H35BClN3O4S. The van der Waals surface area contributed by atoms with Crippen molar-refractivity contribution in [2.45, 2.75) is 73.5 Å². The number of nitrogens with zero attached hydrogens (tertiary/aromatic N) is 2. The molecule has 2 bridgehead atoms. The van der Waals surface area contributed by atoms with Crippen LogP contribution in [0.3, 0.4) is 0 Å². The van der Waals surface area contributed by atoms with Crippen LogP contribution in [0.5, 0.6) is 0 Å². The van der Waals surface area contributed by atoms with E-state index in [2.05, 4.69) is 22.4 Å². The minimum Gasteiger partial charge on any atom is -0.426 e. The summed E-state index contributed by atoms with van der Waals surface area (Å²) >= 11 is 1.61. The molecule has 0 radical (unpaired) electrons. The number of halogens is 1. The topological polar surface area (TPSA) is 96.6 Å². The second-order valence-corrected chi connectivity index (χ2v) is 10.6. The molecule has 0 saturated heterocycles. The van der Waals surface area contributed by atoms with Crippen LogP contribution in [-0.2, 0) is 17.2 Å². The molecule has 5 rings (SSSR count). The monoisotopic (exact) mass is 507 g/mol. The molecule has 1 amide bonds. The maximum atomic E-state index is 12.8. The average Bonchev–Trinajstić information content (AvgIpc) is 3.26. The summed E-state index contributed by atoms with van der Waals surface area (Å²) in [5.41, 5.74) is 2.12. The summed E-state index contributed by atoms with van der Waals surface area (Å²) in [5.74, 6) is -0.207. The fourth-order valence-electron chi connectivity index (χ4n) is 5.37. The van der Waals surface area contributed by atoms with Gasteiger partial charge in [0.2, 0.25) is 0 Å². The van der Waals surface area contributed by atoms with Gasteiger partial charge in [0.25, 0.3) is 5.91 Å². The SMILES string of the molecule is COC12CCC(c3ccc(C(=O)N[C@@H](CCCSc4nccn4C)B(O)O)cc3)(CC1)CC2.Cl. The Kier molecular flexibility index (Phi) is 9.14. The highest BCUT2D eigenvalue weighted by Gasteiger charge is 2.49. The van der Waals surface area contributed by atoms with Gasteiger partial charge in [-0.3, -0.25) is 4.79 Å². The first kappa shape index (κ1) is 27.1. The summed E-state index contributed by atoms with van der Waals surface area (Å²) in [7, 11) is 2.17. The van der Waals surface area contributed by atoms with Crippen molar-refractivity contribution < 1.29 is 19.6 Å². The number of ether oxygens (including phenoxy) is 1.